The Morgan fingerprint density at radius 3 is 2.61 bits per heavy atom. The number of rotatable bonds is 4. The van der Waals surface area contributed by atoms with Gasteiger partial charge in [0.1, 0.15) is 11.6 Å². The molecule has 2 aromatic carbocycles. The molecule has 0 radical (unpaired) electrons. The highest BCUT2D eigenvalue weighted by molar-refractivity contribution is 6.43. The maximum absolute atomic E-state index is 13.1. The largest absolute Gasteiger partial charge is 0.356 e. The third-order valence-electron chi connectivity index (χ3n) is 8.00. The molecule has 0 bridgehead atoms. The summed E-state index contributed by atoms with van der Waals surface area (Å²) in [5.74, 6) is 1.25. The molecule has 8 nitrogen and oxygen atoms in total. The van der Waals surface area contributed by atoms with Gasteiger partial charge in [0, 0.05) is 44.1 Å². The second-order valence-corrected chi connectivity index (χ2v) is 11.1. The zero-order valence-corrected chi connectivity index (χ0v) is 22.8. The molecular formula is C28H29Cl2N7O. The molecule has 1 aliphatic carbocycles. The number of halogens is 2. The topological polar surface area (TPSA) is 94.0 Å². The first-order chi connectivity index (χ1) is 18.2. The van der Waals surface area contributed by atoms with Gasteiger partial charge in [0.15, 0.2) is 0 Å². The van der Waals surface area contributed by atoms with Crippen molar-refractivity contribution in [2.24, 2.45) is 18.2 Å². The highest BCUT2D eigenvalue weighted by Gasteiger charge is 2.46. The standard InChI is InChI=1S/C28H29Cl2N7O/c1-17-33-24(13-25(38)37(17)23-5-3-4-22(29)26(23)30)36-10-8-28(9-11-36)14-18-6-7-19(12-21(18)27(28)31)34-20-15-32-35(2)16-20/h3-7,12-13,15-16,27,34H,8-11,14,31H2,1-2H3/t27-/m1/s1. The maximum Gasteiger partial charge on any atom is 0.260 e. The molecular weight excluding hydrogens is 521 g/mol. The van der Waals surface area contributed by atoms with Crippen molar-refractivity contribution in [3.63, 3.8) is 0 Å². The first-order valence-corrected chi connectivity index (χ1v) is 13.4. The van der Waals surface area contributed by atoms with Gasteiger partial charge in [-0.25, -0.2) is 4.98 Å². The van der Waals surface area contributed by atoms with E-state index in [1.165, 1.54) is 15.7 Å². The van der Waals surface area contributed by atoms with Gasteiger partial charge in [-0.05, 0) is 67.0 Å². The van der Waals surface area contributed by atoms with E-state index in [2.05, 4.69) is 33.5 Å². The number of aryl methyl sites for hydroxylation is 2. The number of nitrogens with two attached hydrogens (primary N) is 1. The lowest BCUT2D eigenvalue weighted by atomic mass is 9.73. The number of nitrogens with one attached hydrogen (secondary N) is 1. The third kappa shape index (κ3) is 4.26. The molecule has 3 heterocycles. The predicted octanol–water partition coefficient (Wildman–Crippen LogP) is 5.17. The van der Waals surface area contributed by atoms with E-state index in [4.69, 9.17) is 33.9 Å². The van der Waals surface area contributed by atoms with Crippen molar-refractivity contribution in [2.75, 3.05) is 23.3 Å². The average Bonchev–Trinajstić information content (AvgIpc) is 3.42. The fourth-order valence-electron chi connectivity index (χ4n) is 5.97. The van der Waals surface area contributed by atoms with Crippen LogP contribution in [0.2, 0.25) is 10.0 Å². The van der Waals surface area contributed by atoms with Crippen LogP contribution in [0, 0.1) is 12.3 Å². The first kappa shape index (κ1) is 25.0. The SMILES string of the molecule is Cc1nc(N2CCC3(CC2)Cc2ccc(Nc4cnn(C)c4)cc2[C@H]3N)cc(=O)n1-c1cccc(Cl)c1Cl. The quantitative estimate of drug-likeness (QED) is 0.364. The van der Waals surface area contributed by atoms with Gasteiger partial charge >= 0.3 is 0 Å². The van der Waals surface area contributed by atoms with E-state index >= 15 is 0 Å². The number of benzene rings is 2. The van der Waals surface area contributed by atoms with Crippen LogP contribution in [0.5, 0.6) is 0 Å². The number of hydrogen-bond donors (Lipinski definition) is 2. The minimum Gasteiger partial charge on any atom is -0.356 e. The second kappa shape index (κ2) is 9.45. The lowest BCUT2D eigenvalue weighted by Gasteiger charge is -2.42. The summed E-state index contributed by atoms with van der Waals surface area (Å²) in [6.07, 6.45) is 6.58. The molecule has 4 aromatic rings. The average molecular weight is 550 g/mol. The van der Waals surface area contributed by atoms with Crippen LogP contribution in [-0.4, -0.2) is 32.4 Å². The molecule has 0 unspecified atom stereocenters. The lowest BCUT2D eigenvalue weighted by Crippen LogP contribution is -2.45. The van der Waals surface area contributed by atoms with Crippen molar-refractivity contribution in [1.29, 1.82) is 0 Å². The van der Waals surface area contributed by atoms with E-state index in [0.717, 1.165) is 43.7 Å². The number of anilines is 3. The number of piperidine rings is 1. The van der Waals surface area contributed by atoms with Crippen molar-refractivity contribution >= 4 is 40.4 Å². The highest BCUT2D eigenvalue weighted by Crippen LogP contribution is 2.51. The van der Waals surface area contributed by atoms with Crippen molar-refractivity contribution in [3.8, 4) is 5.69 Å². The van der Waals surface area contributed by atoms with Crippen LogP contribution < -0.4 is 21.5 Å². The summed E-state index contributed by atoms with van der Waals surface area (Å²) in [7, 11) is 1.90. The molecule has 2 aliphatic rings. The van der Waals surface area contributed by atoms with Crippen LogP contribution in [0.25, 0.3) is 5.69 Å². The van der Waals surface area contributed by atoms with Crippen LogP contribution >= 0.6 is 23.2 Å². The molecule has 1 fully saturated rings. The fraction of sp³-hybridized carbons (Fsp3) is 0.321. The van der Waals surface area contributed by atoms with Crippen LogP contribution in [0.3, 0.4) is 0 Å². The summed E-state index contributed by atoms with van der Waals surface area (Å²) in [6, 6.07) is 13.3. The number of fused-ring (bicyclic) bond motifs is 1. The molecule has 6 rings (SSSR count). The zero-order chi connectivity index (χ0) is 26.6. The minimum absolute atomic E-state index is 0.00407. The number of hydrogen-bond acceptors (Lipinski definition) is 6. The Hall–Kier alpha value is -3.33. The van der Waals surface area contributed by atoms with Crippen LogP contribution in [0.4, 0.5) is 17.2 Å². The number of nitrogens with zero attached hydrogens (tertiary/aromatic N) is 5. The Morgan fingerprint density at radius 1 is 1.11 bits per heavy atom. The monoisotopic (exact) mass is 549 g/mol. The van der Waals surface area contributed by atoms with Gasteiger partial charge in [-0.3, -0.25) is 14.0 Å². The normalized spacial score (nSPS) is 18.1. The van der Waals surface area contributed by atoms with Crippen molar-refractivity contribution in [1.82, 2.24) is 19.3 Å². The molecule has 1 aliphatic heterocycles. The zero-order valence-electron chi connectivity index (χ0n) is 21.3. The van der Waals surface area contributed by atoms with Crippen molar-refractivity contribution in [2.45, 2.75) is 32.2 Å². The number of aromatic nitrogens is 4. The smallest absolute Gasteiger partial charge is 0.260 e. The van der Waals surface area contributed by atoms with Gasteiger partial charge in [-0.1, -0.05) is 35.3 Å². The maximum atomic E-state index is 13.1. The van der Waals surface area contributed by atoms with E-state index in [0.29, 0.717) is 27.4 Å². The minimum atomic E-state index is -0.185. The lowest BCUT2D eigenvalue weighted by molar-refractivity contribution is 0.187. The Bertz CT molecular complexity index is 1590. The van der Waals surface area contributed by atoms with E-state index in [1.807, 2.05) is 26.4 Å². The van der Waals surface area contributed by atoms with Crippen molar-refractivity contribution < 1.29 is 0 Å². The van der Waals surface area contributed by atoms with Crippen LogP contribution in [-0.2, 0) is 13.5 Å². The fourth-order valence-corrected chi connectivity index (χ4v) is 6.35. The van der Waals surface area contributed by atoms with E-state index < -0.39 is 0 Å². The van der Waals surface area contributed by atoms with Gasteiger partial charge in [0.25, 0.3) is 5.56 Å². The second-order valence-electron chi connectivity index (χ2n) is 10.4. The van der Waals surface area contributed by atoms with Crippen LogP contribution in [0.1, 0.15) is 35.8 Å². The molecule has 1 atom stereocenters. The van der Waals surface area contributed by atoms with Gasteiger partial charge < -0.3 is 16.0 Å². The van der Waals surface area contributed by atoms with Crippen molar-refractivity contribution in [3.05, 3.63) is 92.2 Å². The summed E-state index contributed by atoms with van der Waals surface area (Å²) in [4.78, 5) is 20.1. The Balaban J connectivity index is 1.19. The summed E-state index contributed by atoms with van der Waals surface area (Å²) in [6.45, 7) is 3.39. The Kier molecular flexibility index (Phi) is 6.21. The summed E-state index contributed by atoms with van der Waals surface area (Å²) in [5, 5.41) is 8.39. The van der Waals surface area contributed by atoms with E-state index in [9.17, 15) is 4.79 Å². The summed E-state index contributed by atoms with van der Waals surface area (Å²) >= 11 is 12.6. The highest BCUT2D eigenvalue weighted by atomic mass is 35.5. The third-order valence-corrected chi connectivity index (χ3v) is 8.81. The molecule has 1 saturated heterocycles. The summed E-state index contributed by atoms with van der Waals surface area (Å²) < 4.78 is 3.28. The van der Waals surface area contributed by atoms with E-state index in [1.54, 1.807) is 28.9 Å². The predicted molar refractivity (Wildman–Crippen MR) is 152 cm³/mol. The Labute approximate surface area is 231 Å². The molecule has 0 amide bonds. The molecule has 2 aromatic heterocycles. The van der Waals surface area contributed by atoms with Gasteiger partial charge in [-0.2, -0.15) is 5.10 Å². The van der Waals surface area contributed by atoms with Gasteiger partial charge in [0.2, 0.25) is 0 Å². The van der Waals surface area contributed by atoms with Crippen LogP contribution in [0.15, 0.2) is 59.7 Å². The first-order valence-electron chi connectivity index (χ1n) is 12.7. The molecule has 196 valence electrons. The Morgan fingerprint density at radius 2 is 1.89 bits per heavy atom. The van der Waals surface area contributed by atoms with Gasteiger partial charge in [-0.15, -0.1) is 0 Å². The molecule has 3 N–H and O–H groups in total. The van der Waals surface area contributed by atoms with E-state index in [-0.39, 0.29) is 17.0 Å². The molecule has 0 saturated carbocycles. The molecule has 10 heteroatoms. The summed E-state index contributed by atoms with van der Waals surface area (Å²) in [5.41, 5.74) is 11.8. The van der Waals surface area contributed by atoms with Gasteiger partial charge in [0.05, 0.1) is 27.6 Å². The molecule has 38 heavy (non-hydrogen) atoms. The molecule has 1 spiro atoms.